The molecule has 1 amide bonds. The maximum Gasteiger partial charge on any atom is 0.227 e. The van der Waals surface area contributed by atoms with Crippen molar-refractivity contribution in [2.75, 3.05) is 0 Å². The fraction of sp³-hybridized carbons (Fsp3) is 0.200. The Balaban J connectivity index is 1.22. The van der Waals surface area contributed by atoms with E-state index >= 15 is 0 Å². The van der Waals surface area contributed by atoms with Gasteiger partial charge in [0, 0.05) is 49.3 Å². The van der Waals surface area contributed by atoms with Crippen molar-refractivity contribution < 1.29 is 9.32 Å². The number of carbonyl (C=O) groups is 1. The molecule has 0 saturated heterocycles. The lowest BCUT2D eigenvalue weighted by molar-refractivity contribution is -0.121. The minimum Gasteiger partial charge on any atom is -0.352 e. The third kappa shape index (κ3) is 4.72. The summed E-state index contributed by atoms with van der Waals surface area (Å²) in [4.78, 5) is 20.5. The van der Waals surface area contributed by atoms with Gasteiger partial charge in [-0.05, 0) is 22.6 Å². The Morgan fingerprint density at radius 1 is 1.18 bits per heavy atom. The van der Waals surface area contributed by atoms with Crippen LogP contribution in [0.25, 0.3) is 11.4 Å². The van der Waals surface area contributed by atoms with Gasteiger partial charge in [-0.3, -0.25) is 4.79 Å². The first-order chi connectivity index (χ1) is 13.8. The third-order valence-corrected chi connectivity index (χ3v) is 4.93. The molecule has 1 aromatic carbocycles. The number of carbonyl (C=O) groups excluding carboxylic acids is 1. The number of aromatic nitrogens is 4. The van der Waals surface area contributed by atoms with Crippen LogP contribution in [0.1, 0.15) is 23.4 Å². The quantitative estimate of drug-likeness (QED) is 0.496. The molecule has 3 heterocycles. The summed E-state index contributed by atoms with van der Waals surface area (Å²) in [6, 6.07) is 10.1. The van der Waals surface area contributed by atoms with Crippen molar-refractivity contribution in [3.63, 3.8) is 0 Å². The lowest BCUT2D eigenvalue weighted by Crippen LogP contribution is -2.23. The molecule has 3 aromatic heterocycles. The van der Waals surface area contributed by atoms with Gasteiger partial charge in [-0.1, -0.05) is 29.4 Å². The van der Waals surface area contributed by atoms with Gasteiger partial charge in [0.05, 0.1) is 6.33 Å². The number of aryl methyl sites for hydroxylation is 1. The molecule has 4 aromatic rings. The van der Waals surface area contributed by atoms with Gasteiger partial charge in [-0.15, -0.1) is 0 Å². The normalized spacial score (nSPS) is 10.9. The van der Waals surface area contributed by atoms with Gasteiger partial charge < -0.3 is 14.4 Å². The van der Waals surface area contributed by atoms with Crippen LogP contribution in [0.2, 0.25) is 0 Å². The monoisotopic (exact) mass is 393 g/mol. The molecule has 7 nitrogen and oxygen atoms in total. The number of nitrogens with zero attached hydrogens (tertiary/aromatic N) is 4. The second-order valence-electron chi connectivity index (χ2n) is 6.35. The van der Waals surface area contributed by atoms with Crippen molar-refractivity contribution in [2.45, 2.75) is 25.9 Å². The zero-order valence-corrected chi connectivity index (χ0v) is 15.9. The number of hydrogen-bond donors (Lipinski definition) is 1. The molecule has 0 bridgehead atoms. The standard InChI is InChI=1S/C20H19N5O2S/c26-18(5-6-19-23-20(24-27-19)17-7-10-28-13-17)22-11-15-1-3-16(4-2-15)12-25-9-8-21-14-25/h1-4,7-10,13-14H,5-6,11-12H2,(H,22,26). The summed E-state index contributed by atoms with van der Waals surface area (Å²) >= 11 is 1.58. The van der Waals surface area contributed by atoms with E-state index in [4.69, 9.17) is 4.52 Å². The van der Waals surface area contributed by atoms with Gasteiger partial charge in [-0.25, -0.2) is 4.98 Å². The number of imidazole rings is 1. The van der Waals surface area contributed by atoms with Gasteiger partial charge in [0.2, 0.25) is 17.6 Å². The summed E-state index contributed by atoms with van der Waals surface area (Å²) in [6.07, 6.45) is 6.22. The number of nitrogens with one attached hydrogen (secondary N) is 1. The topological polar surface area (TPSA) is 85.8 Å². The summed E-state index contributed by atoms with van der Waals surface area (Å²) in [7, 11) is 0. The highest BCUT2D eigenvalue weighted by Crippen LogP contribution is 2.19. The predicted molar refractivity (Wildman–Crippen MR) is 106 cm³/mol. The van der Waals surface area contributed by atoms with E-state index in [1.54, 1.807) is 23.9 Å². The Morgan fingerprint density at radius 2 is 2.04 bits per heavy atom. The molecular weight excluding hydrogens is 374 g/mol. The van der Waals surface area contributed by atoms with E-state index in [0.717, 1.165) is 17.7 Å². The first-order valence-electron chi connectivity index (χ1n) is 8.92. The van der Waals surface area contributed by atoms with Crippen molar-refractivity contribution in [2.24, 2.45) is 0 Å². The van der Waals surface area contributed by atoms with E-state index in [1.807, 2.05) is 39.7 Å². The number of amides is 1. The van der Waals surface area contributed by atoms with E-state index in [-0.39, 0.29) is 5.91 Å². The molecule has 0 fully saturated rings. The average molecular weight is 393 g/mol. The van der Waals surface area contributed by atoms with Crippen molar-refractivity contribution >= 4 is 17.2 Å². The minimum absolute atomic E-state index is 0.0437. The Hall–Kier alpha value is -3.26. The molecule has 0 aliphatic rings. The second kappa shape index (κ2) is 8.62. The molecule has 0 unspecified atom stereocenters. The number of thiophene rings is 1. The van der Waals surface area contributed by atoms with E-state index in [9.17, 15) is 4.79 Å². The van der Waals surface area contributed by atoms with Gasteiger partial charge in [0.25, 0.3) is 0 Å². The molecule has 142 valence electrons. The number of hydrogen-bond acceptors (Lipinski definition) is 6. The molecule has 1 N–H and O–H groups in total. The van der Waals surface area contributed by atoms with E-state index in [2.05, 4.69) is 32.6 Å². The highest BCUT2D eigenvalue weighted by molar-refractivity contribution is 7.08. The highest BCUT2D eigenvalue weighted by atomic mass is 32.1. The van der Waals surface area contributed by atoms with Crippen LogP contribution in [0.3, 0.4) is 0 Å². The third-order valence-electron chi connectivity index (χ3n) is 4.25. The Morgan fingerprint density at radius 3 is 2.79 bits per heavy atom. The van der Waals surface area contributed by atoms with Crippen LogP contribution in [-0.2, 0) is 24.3 Å². The summed E-state index contributed by atoms with van der Waals surface area (Å²) in [5.41, 5.74) is 3.17. The van der Waals surface area contributed by atoms with Crippen LogP contribution in [-0.4, -0.2) is 25.6 Å². The molecule has 4 rings (SSSR count). The highest BCUT2D eigenvalue weighted by Gasteiger charge is 2.11. The fourth-order valence-corrected chi connectivity index (χ4v) is 3.36. The maximum absolute atomic E-state index is 12.1. The van der Waals surface area contributed by atoms with E-state index in [1.165, 1.54) is 5.56 Å². The molecule has 0 radical (unpaired) electrons. The Labute approximate surface area is 166 Å². The number of benzene rings is 1. The predicted octanol–water partition coefficient (Wildman–Crippen LogP) is 3.29. The molecule has 0 aliphatic carbocycles. The summed E-state index contributed by atoms with van der Waals surface area (Å²) in [5, 5.41) is 10.8. The molecule has 0 spiro atoms. The van der Waals surface area contributed by atoms with Crippen LogP contribution in [0.5, 0.6) is 0 Å². The van der Waals surface area contributed by atoms with Gasteiger partial charge in [-0.2, -0.15) is 16.3 Å². The van der Waals surface area contributed by atoms with Crippen molar-refractivity contribution in [1.29, 1.82) is 0 Å². The zero-order chi connectivity index (χ0) is 19.2. The lowest BCUT2D eigenvalue weighted by Gasteiger charge is -2.07. The van der Waals surface area contributed by atoms with Crippen molar-refractivity contribution in [3.05, 3.63) is 76.8 Å². The van der Waals surface area contributed by atoms with Crippen molar-refractivity contribution in [3.8, 4) is 11.4 Å². The van der Waals surface area contributed by atoms with E-state index < -0.39 is 0 Å². The smallest absolute Gasteiger partial charge is 0.227 e. The molecular formula is C20H19N5O2S. The van der Waals surface area contributed by atoms with Crippen LogP contribution < -0.4 is 5.32 Å². The van der Waals surface area contributed by atoms with Crippen LogP contribution >= 0.6 is 11.3 Å². The largest absolute Gasteiger partial charge is 0.352 e. The fourth-order valence-electron chi connectivity index (χ4n) is 2.73. The average Bonchev–Trinajstić information content (AvgIpc) is 3.48. The van der Waals surface area contributed by atoms with Gasteiger partial charge in [0.1, 0.15) is 0 Å². The maximum atomic E-state index is 12.1. The summed E-state index contributed by atoms with van der Waals surface area (Å²) in [5.74, 6) is 0.991. The van der Waals surface area contributed by atoms with Gasteiger partial charge >= 0.3 is 0 Å². The SMILES string of the molecule is O=C(CCc1nc(-c2ccsc2)no1)NCc1ccc(Cn2ccnc2)cc1. The number of rotatable bonds is 8. The van der Waals surface area contributed by atoms with Crippen LogP contribution in [0.4, 0.5) is 0 Å². The van der Waals surface area contributed by atoms with Crippen molar-refractivity contribution in [1.82, 2.24) is 25.0 Å². The minimum atomic E-state index is -0.0437. The zero-order valence-electron chi connectivity index (χ0n) is 15.1. The molecule has 28 heavy (non-hydrogen) atoms. The lowest BCUT2D eigenvalue weighted by atomic mass is 10.1. The Bertz CT molecular complexity index is 1010. The Kier molecular flexibility index (Phi) is 5.58. The molecule has 0 aliphatic heterocycles. The van der Waals surface area contributed by atoms with Crippen LogP contribution in [0.15, 0.2) is 64.3 Å². The molecule has 0 atom stereocenters. The first-order valence-corrected chi connectivity index (χ1v) is 9.86. The molecule has 8 heteroatoms. The van der Waals surface area contributed by atoms with E-state index in [0.29, 0.717) is 31.1 Å². The summed E-state index contributed by atoms with van der Waals surface area (Å²) < 4.78 is 7.23. The second-order valence-corrected chi connectivity index (χ2v) is 7.13. The molecule has 0 saturated carbocycles. The summed E-state index contributed by atoms with van der Waals surface area (Å²) in [6.45, 7) is 1.28. The van der Waals surface area contributed by atoms with Gasteiger partial charge in [0.15, 0.2) is 0 Å². The first kappa shape index (κ1) is 18.1. The van der Waals surface area contributed by atoms with Crippen LogP contribution in [0, 0.1) is 0 Å².